The minimum Gasteiger partial charge on any atom is -0.324 e. The topological polar surface area (TPSA) is 81.8 Å². The maximum absolute atomic E-state index is 13.2. The number of rotatable bonds is 3. The average molecular weight is 390 g/mol. The Balaban J connectivity index is 1.58. The number of fused-ring (bicyclic) bond motifs is 3. The number of aromatic nitrogens is 4. The SMILES string of the molecule is O=C(Cn1cnc2c(nc3n2CCCCC3)c1=O)Nc1ccc(F)c(Cl)c1. The molecule has 0 aliphatic carbocycles. The molecule has 1 aromatic carbocycles. The highest BCUT2D eigenvalue weighted by atomic mass is 35.5. The van der Waals surface area contributed by atoms with Crippen LogP contribution in [0.3, 0.4) is 0 Å². The highest BCUT2D eigenvalue weighted by Gasteiger charge is 2.18. The second-order valence-electron chi connectivity index (χ2n) is 6.52. The number of nitrogens with zero attached hydrogens (tertiary/aromatic N) is 4. The van der Waals surface area contributed by atoms with Crippen LogP contribution in [0.2, 0.25) is 5.02 Å². The molecule has 0 atom stereocenters. The number of imidazole rings is 1. The number of carbonyl (C=O) groups excluding carboxylic acids is 1. The van der Waals surface area contributed by atoms with Gasteiger partial charge >= 0.3 is 0 Å². The number of aryl methyl sites for hydroxylation is 2. The summed E-state index contributed by atoms with van der Waals surface area (Å²) >= 11 is 5.71. The number of hydrogen-bond donors (Lipinski definition) is 1. The van der Waals surface area contributed by atoms with Crippen molar-refractivity contribution in [1.29, 1.82) is 0 Å². The maximum atomic E-state index is 13.2. The number of anilines is 1. The summed E-state index contributed by atoms with van der Waals surface area (Å²) in [4.78, 5) is 33.8. The van der Waals surface area contributed by atoms with Crippen molar-refractivity contribution in [2.45, 2.75) is 38.8 Å². The molecule has 0 saturated heterocycles. The lowest BCUT2D eigenvalue weighted by molar-refractivity contribution is -0.116. The van der Waals surface area contributed by atoms with Crippen molar-refractivity contribution in [1.82, 2.24) is 19.1 Å². The van der Waals surface area contributed by atoms with E-state index in [0.29, 0.717) is 11.3 Å². The van der Waals surface area contributed by atoms with Gasteiger partial charge in [0.15, 0.2) is 11.2 Å². The van der Waals surface area contributed by atoms with Crippen LogP contribution in [-0.2, 0) is 24.3 Å². The van der Waals surface area contributed by atoms with Crippen LogP contribution in [0.25, 0.3) is 11.2 Å². The Morgan fingerprint density at radius 3 is 2.96 bits per heavy atom. The van der Waals surface area contributed by atoms with E-state index in [0.717, 1.165) is 44.1 Å². The first kappa shape index (κ1) is 17.7. The molecule has 1 aliphatic rings. The Bertz CT molecular complexity index is 1090. The van der Waals surface area contributed by atoms with E-state index in [9.17, 15) is 14.0 Å². The van der Waals surface area contributed by atoms with Gasteiger partial charge in [0.2, 0.25) is 5.91 Å². The summed E-state index contributed by atoms with van der Waals surface area (Å²) in [7, 11) is 0. The first-order valence-electron chi connectivity index (χ1n) is 8.72. The van der Waals surface area contributed by atoms with Crippen LogP contribution < -0.4 is 10.9 Å². The molecule has 140 valence electrons. The number of nitrogens with one attached hydrogen (secondary N) is 1. The van der Waals surface area contributed by atoms with E-state index in [1.807, 2.05) is 4.57 Å². The minimum atomic E-state index is -0.569. The van der Waals surface area contributed by atoms with Gasteiger partial charge in [0.1, 0.15) is 24.5 Å². The largest absolute Gasteiger partial charge is 0.324 e. The van der Waals surface area contributed by atoms with Gasteiger partial charge in [-0.25, -0.2) is 14.4 Å². The van der Waals surface area contributed by atoms with Crippen molar-refractivity contribution < 1.29 is 9.18 Å². The third kappa shape index (κ3) is 3.44. The Morgan fingerprint density at radius 2 is 2.15 bits per heavy atom. The lowest BCUT2D eigenvalue weighted by Gasteiger charge is -2.08. The lowest BCUT2D eigenvalue weighted by Crippen LogP contribution is -2.28. The van der Waals surface area contributed by atoms with Crippen molar-refractivity contribution >= 4 is 34.4 Å². The molecule has 27 heavy (non-hydrogen) atoms. The third-order valence-electron chi connectivity index (χ3n) is 4.60. The van der Waals surface area contributed by atoms with E-state index in [-0.39, 0.29) is 22.6 Å². The first-order chi connectivity index (χ1) is 13.0. The van der Waals surface area contributed by atoms with E-state index in [1.165, 1.54) is 23.0 Å². The molecule has 0 bridgehead atoms. The first-order valence-corrected chi connectivity index (χ1v) is 9.10. The molecule has 2 aromatic heterocycles. The van der Waals surface area contributed by atoms with E-state index < -0.39 is 11.7 Å². The van der Waals surface area contributed by atoms with E-state index in [4.69, 9.17) is 11.6 Å². The van der Waals surface area contributed by atoms with Crippen molar-refractivity contribution in [3.8, 4) is 0 Å². The summed E-state index contributed by atoms with van der Waals surface area (Å²) in [5.41, 5.74) is 0.848. The molecule has 3 heterocycles. The molecule has 1 aliphatic heterocycles. The molecule has 9 heteroatoms. The average Bonchev–Trinajstić information content (AvgIpc) is 2.83. The van der Waals surface area contributed by atoms with Gasteiger partial charge in [-0.1, -0.05) is 18.0 Å². The zero-order valence-corrected chi connectivity index (χ0v) is 15.2. The highest BCUT2D eigenvalue weighted by molar-refractivity contribution is 6.31. The molecule has 0 radical (unpaired) electrons. The molecule has 4 rings (SSSR count). The van der Waals surface area contributed by atoms with Crippen molar-refractivity contribution in [3.63, 3.8) is 0 Å². The van der Waals surface area contributed by atoms with Gasteiger partial charge < -0.3 is 9.88 Å². The van der Waals surface area contributed by atoms with Crippen LogP contribution in [0.4, 0.5) is 10.1 Å². The van der Waals surface area contributed by atoms with Gasteiger partial charge in [-0.05, 0) is 31.0 Å². The van der Waals surface area contributed by atoms with Crippen molar-refractivity contribution in [2.24, 2.45) is 0 Å². The zero-order valence-electron chi connectivity index (χ0n) is 14.4. The second kappa shape index (κ2) is 7.11. The molecule has 0 spiro atoms. The van der Waals surface area contributed by atoms with Crippen LogP contribution in [0.5, 0.6) is 0 Å². The molecule has 1 amide bonds. The van der Waals surface area contributed by atoms with Crippen LogP contribution in [0.15, 0.2) is 29.3 Å². The maximum Gasteiger partial charge on any atom is 0.282 e. The molecular weight excluding hydrogens is 373 g/mol. The Morgan fingerprint density at radius 1 is 1.30 bits per heavy atom. The minimum absolute atomic E-state index is 0.0902. The van der Waals surface area contributed by atoms with Crippen molar-refractivity contribution in [2.75, 3.05) is 5.32 Å². The Hall–Kier alpha value is -2.74. The Kier molecular flexibility index (Phi) is 4.65. The molecule has 7 nitrogen and oxygen atoms in total. The molecule has 3 aromatic rings. The molecule has 0 fully saturated rings. The summed E-state index contributed by atoms with van der Waals surface area (Å²) in [5, 5.41) is 2.50. The fraction of sp³-hybridized carbons (Fsp3) is 0.333. The quantitative estimate of drug-likeness (QED) is 0.746. The monoisotopic (exact) mass is 389 g/mol. The van der Waals surface area contributed by atoms with E-state index in [2.05, 4.69) is 15.3 Å². The summed E-state index contributed by atoms with van der Waals surface area (Å²) in [5.74, 6) is -0.142. The van der Waals surface area contributed by atoms with E-state index in [1.54, 1.807) is 0 Å². The molecule has 0 saturated carbocycles. The number of carbonyl (C=O) groups is 1. The predicted molar refractivity (Wildman–Crippen MR) is 99.4 cm³/mol. The molecular formula is C18H17ClFN5O2. The third-order valence-corrected chi connectivity index (χ3v) is 4.89. The smallest absolute Gasteiger partial charge is 0.282 e. The van der Waals surface area contributed by atoms with Crippen molar-refractivity contribution in [3.05, 3.63) is 51.5 Å². The van der Waals surface area contributed by atoms with Gasteiger partial charge in [-0.2, -0.15) is 0 Å². The normalized spacial score (nSPS) is 14.0. The summed E-state index contributed by atoms with van der Waals surface area (Å²) < 4.78 is 16.4. The highest BCUT2D eigenvalue weighted by Crippen LogP contribution is 2.20. The lowest BCUT2D eigenvalue weighted by atomic mass is 10.2. The summed E-state index contributed by atoms with van der Waals surface area (Å²) in [6, 6.07) is 3.87. The van der Waals surface area contributed by atoms with E-state index >= 15 is 0 Å². The standard InChI is InChI=1S/C18H17ClFN5O2/c19-12-8-11(5-6-13(12)20)22-15(26)9-24-10-21-17-16(18(24)27)23-14-4-2-1-3-7-25(14)17/h5-6,8,10H,1-4,7,9H2,(H,22,26). The van der Waals surface area contributed by atoms with Gasteiger partial charge in [0.25, 0.3) is 5.56 Å². The van der Waals surface area contributed by atoms with Gasteiger partial charge in [-0.3, -0.25) is 14.2 Å². The number of amides is 1. The number of halogens is 2. The van der Waals surface area contributed by atoms with Crippen LogP contribution >= 0.6 is 11.6 Å². The predicted octanol–water partition coefficient (Wildman–Crippen LogP) is 2.75. The fourth-order valence-electron chi connectivity index (χ4n) is 3.27. The molecule has 1 N–H and O–H groups in total. The van der Waals surface area contributed by atoms with Crippen LogP contribution in [-0.4, -0.2) is 25.0 Å². The van der Waals surface area contributed by atoms with Crippen LogP contribution in [0.1, 0.15) is 25.1 Å². The summed E-state index contributed by atoms with van der Waals surface area (Å²) in [6.45, 7) is 0.576. The van der Waals surface area contributed by atoms with Gasteiger partial charge in [0, 0.05) is 18.7 Å². The van der Waals surface area contributed by atoms with Crippen LogP contribution in [0, 0.1) is 5.82 Å². The number of benzene rings is 1. The summed E-state index contributed by atoms with van der Waals surface area (Å²) in [6.07, 6.45) is 5.39. The fourth-order valence-corrected chi connectivity index (χ4v) is 3.45. The van der Waals surface area contributed by atoms with Gasteiger partial charge in [0.05, 0.1) is 5.02 Å². The Labute approximate surface area is 158 Å². The zero-order chi connectivity index (χ0) is 19.0. The number of hydrogen-bond acceptors (Lipinski definition) is 4. The second-order valence-corrected chi connectivity index (χ2v) is 6.92. The molecule has 0 unspecified atom stereocenters. The van der Waals surface area contributed by atoms with Gasteiger partial charge in [-0.15, -0.1) is 0 Å².